The van der Waals surface area contributed by atoms with Crippen LogP contribution in [0.15, 0.2) is 53.3 Å². The van der Waals surface area contributed by atoms with Crippen LogP contribution in [-0.4, -0.2) is 23.8 Å². The monoisotopic (exact) mass is 441 g/mol. The fraction of sp³-hybridized carbons (Fsp3) is 0.429. The zero-order valence-electron chi connectivity index (χ0n) is 19.3. The molecular formula is C28H31N3O2. The highest BCUT2D eigenvalue weighted by atomic mass is 16.5. The number of piperidine rings is 1. The van der Waals surface area contributed by atoms with Crippen LogP contribution in [0.25, 0.3) is 10.9 Å². The molecule has 1 saturated carbocycles. The molecule has 0 amide bonds. The van der Waals surface area contributed by atoms with E-state index in [1.165, 1.54) is 37.7 Å². The van der Waals surface area contributed by atoms with Crippen LogP contribution in [0.3, 0.4) is 0 Å². The minimum Gasteiger partial charge on any atom is -0.490 e. The number of benzene rings is 2. The Morgan fingerprint density at radius 1 is 0.939 bits per heavy atom. The van der Waals surface area contributed by atoms with E-state index in [2.05, 4.69) is 35.2 Å². The fourth-order valence-electron chi connectivity index (χ4n) is 5.44. The first-order chi connectivity index (χ1) is 16.1. The summed E-state index contributed by atoms with van der Waals surface area (Å²) in [5.41, 5.74) is 3.80. The molecule has 0 atom stereocenters. The van der Waals surface area contributed by atoms with E-state index >= 15 is 0 Å². The lowest BCUT2D eigenvalue weighted by Crippen LogP contribution is -2.39. The maximum Gasteiger partial charge on any atom is 0.252 e. The molecule has 5 rings (SSSR count). The van der Waals surface area contributed by atoms with Gasteiger partial charge in [-0.3, -0.25) is 4.79 Å². The Hall–Kier alpha value is -3.26. The van der Waals surface area contributed by atoms with Crippen molar-refractivity contribution in [3.63, 3.8) is 0 Å². The van der Waals surface area contributed by atoms with Crippen LogP contribution >= 0.6 is 0 Å². The summed E-state index contributed by atoms with van der Waals surface area (Å²) in [7, 11) is 1.78. The summed E-state index contributed by atoms with van der Waals surface area (Å²) in [4.78, 5) is 14.8. The Labute approximate surface area is 195 Å². The molecule has 3 aromatic rings. The molecule has 0 radical (unpaired) electrons. The summed E-state index contributed by atoms with van der Waals surface area (Å²) in [6.07, 6.45) is 8.68. The van der Waals surface area contributed by atoms with Crippen molar-refractivity contribution in [2.24, 2.45) is 7.05 Å². The molecule has 0 unspecified atom stereocenters. The molecule has 0 bridgehead atoms. The number of nitriles is 1. The standard InChI is InChI=1S/C28H31N3O2/c1-30-26-12-7-20(19-29)17-25(26)27(18-28(30)32)31-15-13-24(14-16-31)33-23-10-8-22(9-11-23)21-5-3-2-4-6-21/h7-12,17-18,21,24H,2-6,13-16H2,1H3. The van der Waals surface area contributed by atoms with E-state index in [-0.39, 0.29) is 11.7 Å². The van der Waals surface area contributed by atoms with Gasteiger partial charge >= 0.3 is 0 Å². The molecule has 5 heteroatoms. The van der Waals surface area contributed by atoms with Crippen molar-refractivity contribution >= 4 is 16.6 Å². The summed E-state index contributed by atoms with van der Waals surface area (Å²) < 4.78 is 7.96. The largest absolute Gasteiger partial charge is 0.490 e. The lowest BCUT2D eigenvalue weighted by atomic mass is 9.84. The van der Waals surface area contributed by atoms with Gasteiger partial charge in [-0.05, 0) is 54.7 Å². The van der Waals surface area contributed by atoms with Crippen LogP contribution in [-0.2, 0) is 7.05 Å². The van der Waals surface area contributed by atoms with Gasteiger partial charge in [0.15, 0.2) is 0 Å². The minimum atomic E-state index is -0.0290. The Morgan fingerprint density at radius 3 is 2.36 bits per heavy atom. The van der Waals surface area contributed by atoms with Gasteiger partial charge in [0.1, 0.15) is 11.9 Å². The molecule has 170 valence electrons. The number of aryl methyl sites for hydroxylation is 1. The van der Waals surface area contributed by atoms with Gasteiger partial charge < -0.3 is 14.2 Å². The van der Waals surface area contributed by atoms with Crippen molar-refractivity contribution in [2.45, 2.75) is 57.0 Å². The molecule has 5 nitrogen and oxygen atoms in total. The summed E-state index contributed by atoms with van der Waals surface area (Å²) in [6, 6.07) is 18.2. The number of hydrogen-bond acceptors (Lipinski definition) is 4. The molecule has 1 aliphatic heterocycles. The summed E-state index contributed by atoms with van der Waals surface area (Å²) in [5, 5.41) is 10.3. The Balaban J connectivity index is 1.27. The first-order valence-electron chi connectivity index (χ1n) is 12.2. The quantitative estimate of drug-likeness (QED) is 0.536. The highest BCUT2D eigenvalue weighted by molar-refractivity contribution is 5.93. The van der Waals surface area contributed by atoms with Gasteiger partial charge in [0.2, 0.25) is 0 Å². The topological polar surface area (TPSA) is 58.3 Å². The van der Waals surface area contributed by atoms with Crippen molar-refractivity contribution in [3.8, 4) is 11.8 Å². The van der Waals surface area contributed by atoms with Crippen molar-refractivity contribution in [3.05, 3.63) is 70.0 Å². The van der Waals surface area contributed by atoms with E-state index < -0.39 is 0 Å². The number of anilines is 1. The van der Waals surface area contributed by atoms with E-state index in [1.807, 2.05) is 12.1 Å². The van der Waals surface area contributed by atoms with Crippen molar-refractivity contribution in [1.29, 1.82) is 5.26 Å². The van der Waals surface area contributed by atoms with Gasteiger partial charge in [0, 0.05) is 44.4 Å². The third-order valence-electron chi connectivity index (χ3n) is 7.40. The third kappa shape index (κ3) is 4.48. The second-order valence-corrected chi connectivity index (χ2v) is 9.48. The number of fused-ring (bicyclic) bond motifs is 1. The molecule has 2 heterocycles. The average molecular weight is 442 g/mol. The van der Waals surface area contributed by atoms with Crippen LogP contribution < -0.4 is 15.2 Å². The second kappa shape index (κ2) is 9.31. The maximum atomic E-state index is 12.5. The van der Waals surface area contributed by atoms with Crippen LogP contribution in [0.5, 0.6) is 5.75 Å². The molecule has 0 spiro atoms. The Kier molecular flexibility index (Phi) is 6.09. The average Bonchev–Trinajstić information content (AvgIpc) is 2.87. The molecule has 1 aliphatic carbocycles. The highest BCUT2D eigenvalue weighted by Gasteiger charge is 2.23. The van der Waals surface area contributed by atoms with Gasteiger partial charge in [0.05, 0.1) is 22.8 Å². The van der Waals surface area contributed by atoms with Gasteiger partial charge in [-0.1, -0.05) is 31.4 Å². The Bertz CT molecular complexity index is 1220. The predicted octanol–water partition coefficient (Wildman–Crippen LogP) is 5.51. The zero-order valence-corrected chi connectivity index (χ0v) is 19.3. The van der Waals surface area contributed by atoms with E-state index in [0.717, 1.165) is 48.3 Å². The lowest BCUT2D eigenvalue weighted by Gasteiger charge is -2.34. The molecule has 0 N–H and O–H groups in total. The number of nitrogens with zero attached hydrogens (tertiary/aromatic N) is 3. The second-order valence-electron chi connectivity index (χ2n) is 9.48. The first kappa shape index (κ1) is 21.6. The number of pyridine rings is 1. The molecule has 2 aromatic carbocycles. The smallest absolute Gasteiger partial charge is 0.252 e. The summed E-state index contributed by atoms with van der Waals surface area (Å²) in [6.45, 7) is 1.65. The van der Waals surface area contributed by atoms with Gasteiger partial charge in [-0.2, -0.15) is 5.26 Å². The molecule has 1 saturated heterocycles. The van der Waals surface area contributed by atoms with E-state index in [4.69, 9.17) is 4.74 Å². The number of rotatable bonds is 4. The highest BCUT2D eigenvalue weighted by Crippen LogP contribution is 2.34. The fourth-order valence-corrected chi connectivity index (χ4v) is 5.44. The van der Waals surface area contributed by atoms with Crippen LogP contribution in [0.2, 0.25) is 0 Å². The zero-order chi connectivity index (χ0) is 22.8. The summed E-state index contributed by atoms with van der Waals surface area (Å²) in [5.74, 6) is 1.66. The molecule has 1 aromatic heterocycles. The van der Waals surface area contributed by atoms with Gasteiger partial charge in [-0.15, -0.1) is 0 Å². The van der Waals surface area contributed by atoms with Crippen LogP contribution in [0.1, 0.15) is 62.0 Å². The van der Waals surface area contributed by atoms with Crippen molar-refractivity contribution in [1.82, 2.24) is 4.57 Å². The van der Waals surface area contributed by atoms with E-state index in [9.17, 15) is 10.1 Å². The normalized spacial score (nSPS) is 17.8. The van der Waals surface area contributed by atoms with Crippen LogP contribution in [0.4, 0.5) is 5.69 Å². The lowest BCUT2D eigenvalue weighted by molar-refractivity contribution is 0.171. The summed E-state index contributed by atoms with van der Waals surface area (Å²) >= 11 is 0. The number of hydrogen-bond donors (Lipinski definition) is 0. The van der Waals surface area contributed by atoms with Crippen molar-refractivity contribution < 1.29 is 4.74 Å². The van der Waals surface area contributed by atoms with Crippen LogP contribution in [0, 0.1) is 11.3 Å². The SMILES string of the molecule is Cn1c(=O)cc(N2CCC(Oc3ccc(C4CCCCC4)cc3)CC2)c2cc(C#N)ccc21. The van der Waals surface area contributed by atoms with E-state index in [1.54, 1.807) is 23.7 Å². The molecular weight excluding hydrogens is 410 g/mol. The first-order valence-corrected chi connectivity index (χ1v) is 12.2. The molecule has 2 fully saturated rings. The Morgan fingerprint density at radius 2 is 1.67 bits per heavy atom. The number of ether oxygens (including phenoxy) is 1. The number of aromatic nitrogens is 1. The minimum absolute atomic E-state index is 0.0290. The van der Waals surface area contributed by atoms with E-state index in [0.29, 0.717) is 11.5 Å². The predicted molar refractivity (Wildman–Crippen MR) is 132 cm³/mol. The molecule has 33 heavy (non-hydrogen) atoms. The van der Waals surface area contributed by atoms with Crippen molar-refractivity contribution in [2.75, 3.05) is 18.0 Å². The third-order valence-corrected chi connectivity index (χ3v) is 7.40. The molecule has 2 aliphatic rings. The van der Waals surface area contributed by atoms with Gasteiger partial charge in [0.25, 0.3) is 5.56 Å². The maximum absolute atomic E-state index is 12.5. The van der Waals surface area contributed by atoms with Gasteiger partial charge in [-0.25, -0.2) is 0 Å².